The summed E-state index contributed by atoms with van der Waals surface area (Å²) in [6, 6.07) is 0. The van der Waals surface area contributed by atoms with Crippen LogP contribution in [0.5, 0.6) is 0 Å². The van der Waals surface area contributed by atoms with Crippen molar-refractivity contribution in [1.29, 1.82) is 0 Å². The van der Waals surface area contributed by atoms with Crippen LogP contribution in [0.3, 0.4) is 0 Å². The lowest BCUT2D eigenvalue weighted by molar-refractivity contribution is 0.184. The van der Waals surface area contributed by atoms with Gasteiger partial charge in [0, 0.05) is 27.2 Å². The molecule has 0 aromatic rings. The first kappa shape index (κ1) is 15.8. The average molecular weight is 279 g/mol. The van der Waals surface area contributed by atoms with Crippen molar-refractivity contribution in [3.8, 4) is 0 Å². The van der Waals surface area contributed by atoms with Crippen LogP contribution in [0.25, 0.3) is 0 Å². The third kappa shape index (κ3) is 5.62. The maximum Gasteiger partial charge on any atom is 0.279 e. The molecule has 1 rings (SSSR count). The van der Waals surface area contributed by atoms with E-state index < -0.39 is 10.2 Å². The Bertz CT molecular complexity index is 315. The summed E-state index contributed by atoms with van der Waals surface area (Å²) in [6.45, 7) is 3.37. The lowest BCUT2D eigenvalue weighted by Crippen LogP contribution is -2.41. The van der Waals surface area contributed by atoms with E-state index >= 15 is 0 Å². The highest BCUT2D eigenvalue weighted by Gasteiger charge is 2.18. The number of likely N-dealkylation sites (N-methyl/N-ethyl adjacent to an activating group) is 1. The molecule has 0 aromatic carbocycles. The van der Waals surface area contributed by atoms with Crippen LogP contribution in [0.1, 0.15) is 19.3 Å². The number of methoxy groups -OCH3 is 1. The Morgan fingerprint density at radius 1 is 1.50 bits per heavy atom. The van der Waals surface area contributed by atoms with Crippen LogP contribution in [0.4, 0.5) is 0 Å². The predicted octanol–water partition coefficient (Wildman–Crippen LogP) is -0.211. The van der Waals surface area contributed by atoms with Crippen LogP contribution in [0.2, 0.25) is 0 Å². The summed E-state index contributed by atoms with van der Waals surface area (Å²) in [7, 11) is -0.232. The predicted molar refractivity (Wildman–Crippen MR) is 71.6 cm³/mol. The molecule has 1 fully saturated rings. The summed E-state index contributed by atoms with van der Waals surface area (Å²) in [5.41, 5.74) is 0. The van der Waals surface area contributed by atoms with Crippen LogP contribution < -0.4 is 10.0 Å². The highest BCUT2D eigenvalue weighted by atomic mass is 32.2. The van der Waals surface area contributed by atoms with Crippen molar-refractivity contribution in [2.75, 3.05) is 46.9 Å². The molecule has 1 aliphatic rings. The Balaban J connectivity index is 2.23. The standard InChI is InChI=1S/C11H25N3O3S/c1-14(8-9-17-2)18(15,16)13-7-5-11-4-3-6-12-10-11/h11-13H,3-10H2,1-2H3. The van der Waals surface area contributed by atoms with E-state index in [1.807, 2.05) is 0 Å². The maximum atomic E-state index is 11.8. The van der Waals surface area contributed by atoms with Gasteiger partial charge in [0.1, 0.15) is 0 Å². The molecule has 0 saturated carbocycles. The number of nitrogens with one attached hydrogen (secondary N) is 2. The zero-order chi connectivity index (χ0) is 13.4. The molecule has 2 N–H and O–H groups in total. The van der Waals surface area contributed by atoms with Crippen LogP contribution in [0.15, 0.2) is 0 Å². The van der Waals surface area contributed by atoms with E-state index in [1.54, 1.807) is 14.2 Å². The van der Waals surface area contributed by atoms with Crippen LogP contribution >= 0.6 is 0 Å². The Hall–Kier alpha value is -0.210. The molecule has 1 aliphatic heterocycles. The number of ether oxygens (including phenoxy) is 1. The Labute approximate surface area is 110 Å². The van der Waals surface area contributed by atoms with Crippen molar-refractivity contribution in [2.45, 2.75) is 19.3 Å². The molecule has 0 aromatic heterocycles. The zero-order valence-electron chi connectivity index (χ0n) is 11.3. The highest BCUT2D eigenvalue weighted by molar-refractivity contribution is 7.87. The molecule has 1 unspecified atom stereocenters. The van der Waals surface area contributed by atoms with Gasteiger partial charge in [0.2, 0.25) is 0 Å². The van der Waals surface area contributed by atoms with Gasteiger partial charge < -0.3 is 10.1 Å². The van der Waals surface area contributed by atoms with E-state index in [0.717, 1.165) is 19.5 Å². The fourth-order valence-electron chi connectivity index (χ4n) is 2.01. The van der Waals surface area contributed by atoms with Crippen LogP contribution in [-0.4, -0.2) is 59.7 Å². The second-order valence-corrected chi connectivity index (χ2v) is 6.58. The molecule has 1 atom stereocenters. The molecule has 1 heterocycles. The number of hydrogen-bond donors (Lipinski definition) is 2. The maximum absolute atomic E-state index is 11.8. The molecule has 0 spiro atoms. The summed E-state index contributed by atoms with van der Waals surface area (Å²) in [4.78, 5) is 0. The molecule has 6 nitrogen and oxygen atoms in total. The quantitative estimate of drug-likeness (QED) is 0.645. The fourth-order valence-corrected chi connectivity index (χ4v) is 2.92. The van der Waals surface area contributed by atoms with Gasteiger partial charge >= 0.3 is 0 Å². The van der Waals surface area contributed by atoms with Gasteiger partial charge in [0.25, 0.3) is 10.2 Å². The van der Waals surface area contributed by atoms with E-state index in [9.17, 15) is 8.42 Å². The third-order valence-corrected chi connectivity index (χ3v) is 4.83. The molecule has 0 aliphatic carbocycles. The summed E-state index contributed by atoms with van der Waals surface area (Å²) < 4.78 is 32.4. The first-order valence-electron chi connectivity index (χ1n) is 6.47. The number of piperidine rings is 1. The number of hydrogen-bond acceptors (Lipinski definition) is 4. The summed E-state index contributed by atoms with van der Waals surface area (Å²) in [5.74, 6) is 0.589. The first-order chi connectivity index (χ1) is 8.56. The van der Waals surface area contributed by atoms with Gasteiger partial charge in [-0.3, -0.25) is 0 Å². The largest absolute Gasteiger partial charge is 0.383 e. The minimum atomic E-state index is -3.35. The smallest absolute Gasteiger partial charge is 0.279 e. The molecule has 0 radical (unpaired) electrons. The minimum absolute atomic E-state index is 0.372. The molecule has 0 bridgehead atoms. The van der Waals surface area contributed by atoms with Gasteiger partial charge in [-0.1, -0.05) is 0 Å². The van der Waals surface area contributed by atoms with Crippen molar-refractivity contribution in [1.82, 2.24) is 14.3 Å². The SMILES string of the molecule is COCCN(C)S(=O)(=O)NCCC1CCCNC1. The second kappa shape index (κ2) is 8.06. The third-order valence-electron chi connectivity index (χ3n) is 3.26. The van der Waals surface area contributed by atoms with Gasteiger partial charge in [0.05, 0.1) is 6.61 Å². The van der Waals surface area contributed by atoms with Gasteiger partial charge in [-0.25, -0.2) is 4.72 Å². The van der Waals surface area contributed by atoms with Crippen molar-refractivity contribution >= 4 is 10.2 Å². The Morgan fingerprint density at radius 3 is 2.89 bits per heavy atom. The summed E-state index contributed by atoms with van der Waals surface area (Å²) >= 11 is 0. The van der Waals surface area contributed by atoms with Gasteiger partial charge in [0.15, 0.2) is 0 Å². The topological polar surface area (TPSA) is 70.7 Å². The van der Waals surface area contributed by atoms with Crippen LogP contribution in [0, 0.1) is 5.92 Å². The van der Waals surface area contributed by atoms with Gasteiger partial charge in [-0.05, 0) is 38.3 Å². The van der Waals surface area contributed by atoms with E-state index in [2.05, 4.69) is 10.0 Å². The van der Waals surface area contributed by atoms with Gasteiger partial charge in [-0.2, -0.15) is 12.7 Å². The number of rotatable bonds is 8. The normalized spacial score (nSPS) is 21.4. The fraction of sp³-hybridized carbons (Fsp3) is 1.00. The molecular weight excluding hydrogens is 254 g/mol. The highest BCUT2D eigenvalue weighted by Crippen LogP contribution is 2.13. The van der Waals surface area contributed by atoms with Crippen molar-refractivity contribution in [3.05, 3.63) is 0 Å². The van der Waals surface area contributed by atoms with Crippen molar-refractivity contribution < 1.29 is 13.2 Å². The lowest BCUT2D eigenvalue weighted by atomic mass is 9.96. The average Bonchev–Trinajstić information content (AvgIpc) is 2.37. The molecule has 18 heavy (non-hydrogen) atoms. The van der Waals surface area contributed by atoms with Crippen LogP contribution in [-0.2, 0) is 14.9 Å². The van der Waals surface area contributed by atoms with E-state index in [0.29, 0.717) is 25.6 Å². The molecule has 1 saturated heterocycles. The molecular formula is C11H25N3O3S. The molecule has 108 valence electrons. The monoisotopic (exact) mass is 279 g/mol. The lowest BCUT2D eigenvalue weighted by Gasteiger charge is -2.23. The summed E-state index contributed by atoms with van der Waals surface area (Å²) in [5, 5.41) is 3.33. The van der Waals surface area contributed by atoms with E-state index in [-0.39, 0.29) is 0 Å². The molecule has 7 heteroatoms. The van der Waals surface area contributed by atoms with Crippen molar-refractivity contribution in [3.63, 3.8) is 0 Å². The van der Waals surface area contributed by atoms with E-state index in [1.165, 1.54) is 17.1 Å². The number of nitrogens with zero attached hydrogens (tertiary/aromatic N) is 1. The van der Waals surface area contributed by atoms with Gasteiger partial charge in [-0.15, -0.1) is 0 Å². The first-order valence-corrected chi connectivity index (χ1v) is 7.91. The van der Waals surface area contributed by atoms with E-state index in [4.69, 9.17) is 4.74 Å². The molecule has 0 amide bonds. The van der Waals surface area contributed by atoms with Crippen molar-refractivity contribution in [2.24, 2.45) is 5.92 Å². The minimum Gasteiger partial charge on any atom is -0.383 e. The zero-order valence-corrected chi connectivity index (χ0v) is 12.1. The Morgan fingerprint density at radius 2 is 2.28 bits per heavy atom. The second-order valence-electron chi connectivity index (χ2n) is 4.71. The summed E-state index contributed by atoms with van der Waals surface area (Å²) in [6.07, 6.45) is 3.27. The Kier molecular flexibility index (Phi) is 7.10.